The molecule has 1 saturated carbocycles. The zero-order chi connectivity index (χ0) is 17.2. The van der Waals surface area contributed by atoms with E-state index in [2.05, 4.69) is 40.5 Å². The fourth-order valence-corrected chi connectivity index (χ4v) is 3.66. The summed E-state index contributed by atoms with van der Waals surface area (Å²) >= 11 is 0. The lowest BCUT2D eigenvalue weighted by Crippen LogP contribution is -2.44. The Hall–Kier alpha value is -2.07. The van der Waals surface area contributed by atoms with Crippen molar-refractivity contribution >= 4 is 16.7 Å². The fraction of sp³-hybridized carbons (Fsp3) is 0.476. The van der Waals surface area contributed by atoms with E-state index in [0.717, 1.165) is 51.1 Å². The van der Waals surface area contributed by atoms with E-state index in [1.54, 1.807) is 7.11 Å². The highest BCUT2D eigenvalue weighted by Gasteiger charge is 2.31. The Labute approximate surface area is 149 Å². The number of hydrogen-bond donors (Lipinski definition) is 1. The molecule has 4 rings (SSSR count). The second-order valence-corrected chi connectivity index (χ2v) is 7.38. The van der Waals surface area contributed by atoms with Crippen LogP contribution in [0.25, 0.3) is 10.8 Å². The molecule has 1 amide bonds. The second kappa shape index (κ2) is 7.04. The maximum absolute atomic E-state index is 11.9. The number of amides is 1. The average molecular weight is 338 g/mol. The molecule has 25 heavy (non-hydrogen) atoms. The average Bonchev–Trinajstić information content (AvgIpc) is 3.48. The molecule has 2 aliphatic rings. The number of carbonyl (C=O) groups is 1. The van der Waals surface area contributed by atoms with Crippen molar-refractivity contribution < 1.29 is 9.53 Å². The molecule has 0 spiro atoms. The van der Waals surface area contributed by atoms with E-state index in [4.69, 9.17) is 4.74 Å². The topological polar surface area (TPSA) is 41.6 Å². The van der Waals surface area contributed by atoms with E-state index in [0.29, 0.717) is 12.0 Å². The van der Waals surface area contributed by atoms with Gasteiger partial charge in [0, 0.05) is 31.6 Å². The molecule has 1 aliphatic heterocycles. The summed E-state index contributed by atoms with van der Waals surface area (Å²) in [5.41, 5.74) is 1.35. The molecular weight excluding hydrogens is 312 g/mol. The molecule has 1 N–H and O–H groups in total. The lowest BCUT2D eigenvalue weighted by molar-refractivity contribution is -0.123. The second-order valence-electron chi connectivity index (χ2n) is 7.38. The maximum atomic E-state index is 11.9. The highest BCUT2D eigenvalue weighted by Crippen LogP contribution is 2.29. The van der Waals surface area contributed by atoms with Crippen molar-refractivity contribution in [1.82, 2.24) is 10.2 Å². The van der Waals surface area contributed by atoms with Crippen LogP contribution in [0.2, 0.25) is 0 Å². The number of ether oxygens (including phenoxy) is 1. The Kier molecular flexibility index (Phi) is 4.62. The number of nitrogens with one attached hydrogen (secondary N) is 1. The van der Waals surface area contributed by atoms with Crippen LogP contribution < -0.4 is 10.1 Å². The molecule has 2 fully saturated rings. The zero-order valence-corrected chi connectivity index (χ0v) is 14.8. The molecule has 0 atom stereocenters. The Morgan fingerprint density at radius 2 is 1.80 bits per heavy atom. The predicted octanol–water partition coefficient (Wildman–Crippen LogP) is 3.34. The van der Waals surface area contributed by atoms with Crippen LogP contribution in [0, 0.1) is 5.92 Å². The first kappa shape index (κ1) is 16.4. The third-order valence-corrected chi connectivity index (χ3v) is 5.40. The number of nitrogens with zero attached hydrogens (tertiary/aromatic N) is 1. The quantitative estimate of drug-likeness (QED) is 0.909. The van der Waals surface area contributed by atoms with Crippen LogP contribution in [0.1, 0.15) is 31.2 Å². The van der Waals surface area contributed by atoms with Crippen molar-refractivity contribution in [2.24, 2.45) is 5.92 Å². The molecule has 0 aromatic heterocycles. The minimum absolute atomic E-state index is 0.281. The van der Waals surface area contributed by atoms with Crippen LogP contribution in [0.5, 0.6) is 5.75 Å². The number of rotatable bonds is 5. The molecule has 132 valence electrons. The van der Waals surface area contributed by atoms with Crippen molar-refractivity contribution in [2.75, 3.05) is 20.2 Å². The van der Waals surface area contributed by atoms with Gasteiger partial charge in [0.1, 0.15) is 5.75 Å². The first-order chi connectivity index (χ1) is 12.2. The molecule has 2 aromatic rings. The van der Waals surface area contributed by atoms with E-state index >= 15 is 0 Å². The van der Waals surface area contributed by atoms with Gasteiger partial charge >= 0.3 is 0 Å². The largest absolute Gasteiger partial charge is 0.497 e. The molecule has 4 nitrogen and oxygen atoms in total. The Bertz CT molecular complexity index is 762. The van der Waals surface area contributed by atoms with Crippen LogP contribution in [0.15, 0.2) is 36.4 Å². The van der Waals surface area contributed by atoms with E-state index in [-0.39, 0.29) is 5.91 Å². The third kappa shape index (κ3) is 3.96. The van der Waals surface area contributed by atoms with Gasteiger partial charge in [0.15, 0.2) is 0 Å². The van der Waals surface area contributed by atoms with E-state index in [9.17, 15) is 4.79 Å². The normalized spacial score (nSPS) is 19.1. The van der Waals surface area contributed by atoms with Gasteiger partial charge in [-0.3, -0.25) is 9.69 Å². The molecule has 2 aromatic carbocycles. The highest BCUT2D eigenvalue weighted by molar-refractivity contribution is 5.84. The van der Waals surface area contributed by atoms with Crippen molar-refractivity contribution in [3.05, 3.63) is 42.0 Å². The van der Waals surface area contributed by atoms with Gasteiger partial charge in [0.25, 0.3) is 0 Å². The Morgan fingerprint density at radius 3 is 2.52 bits per heavy atom. The number of piperidine rings is 1. The summed E-state index contributed by atoms with van der Waals surface area (Å²) in [6.45, 7) is 3.08. The zero-order valence-electron chi connectivity index (χ0n) is 14.8. The minimum atomic E-state index is 0.281. The maximum Gasteiger partial charge on any atom is 0.223 e. The van der Waals surface area contributed by atoms with E-state index < -0.39 is 0 Å². The number of fused-ring (bicyclic) bond motifs is 1. The first-order valence-corrected chi connectivity index (χ1v) is 9.31. The van der Waals surface area contributed by atoms with E-state index in [1.165, 1.54) is 16.3 Å². The number of benzene rings is 2. The van der Waals surface area contributed by atoms with Gasteiger partial charge in [0.05, 0.1) is 7.11 Å². The molecular formula is C21H26N2O2. The molecule has 0 radical (unpaired) electrons. The Morgan fingerprint density at radius 1 is 1.08 bits per heavy atom. The van der Waals surface area contributed by atoms with Gasteiger partial charge in [-0.2, -0.15) is 0 Å². The summed E-state index contributed by atoms with van der Waals surface area (Å²) in [5, 5.41) is 5.69. The van der Waals surface area contributed by atoms with Crippen LogP contribution >= 0.6 is 0 Å². The molecule has 4 heteroatoms. The summed E-state index contributed by atoms with van der Waals surface area (Å²) in [6, 6.07) is 13.2. The molecule has 0 bridgehead atoms. The van der Waals surface area contributed by atoms with Gasteiger partial charge in [-0.1, -0.05) is 18.2 Å². The van der Waals surface area contributed by atoms with Crippen LogP contribution in [-0.4, -0.2) is 37.0 Å². The monoisotopic (exact) mass is 338 g/mol. The summed E-state index contributed by atoms with van der Waals surface area (Å²) in [6.07, 6.45) is 4.28. The van der Waals surface area contributed by atoms with Gasteiger partial charge in [-0.25, -0.2) is 0 Å². The number of carbonyl (C=O) groups excluding carboxylic acids is 1. The summed E-state index contributed by atoms with van der Waals surface area (Å²) in [4.78, 5) is 14.4. The molecule has 1 aliphatic carbocycles. The lowest BCUT2D eigenvalue weighted by atomic mass is 10.0. The van der Waals surface area contributed by atoms with Crippen molar-refractivity contribution in [1.29, 1.82) is 0 Å². The van der Waals surface area contributed by atoms with Crippen molar-refractivity contribution in [2.45, 2.75) is 38.3 Å². The van der Waals surface area contributed by atoms with Gasteiger partial charge in [-0.05, 0) is 60.2 Å². The SMILES string of the molecule is COc1ccc2cc(CN3CCC(NC(=O)C4CC4)CC3)ccc2c1. The van der Waals surface area contributed by atoms with E-state index in [1.807, 2.05) is 6.07 Å². The fourth-order valence-electron chi connectivity index (χ4n) is 3.66. The van der Waals surface area contributed by atoms with Crippen LogP contribution in [-0.2, 0) is 11.3 Å². The summed E-state index contributed by atoms with van der Waals surface area (Å²) < 4.78 is 5.29. The lowest BCUT2D eigenvalue weighted by Gasteiger charge is -2.32. The summed E-state index contributed by atoms with van der Waals surface area (Å²) in [7, 11) is 1.70. The third-order valence-electron chi connectivity index (χ3n) is 5.40. The minimum Gasteiger partial charge on any atom is -0.497 e. The van der Waals surface area contributed by atoms with Gasteiger partial charge in [-0.15, -0.1) is 0 Å². The standard InChI is InChI=1S/C21H26N2O2/c1-25-20-7-6-17-12-15(2-3-18(17)13-20)14-23-10-8-19(9-11-23)22-21(24)16-4-5-16/h2-3,6-7,12-13,16,19H,4-5,8-11,14H2,1H3,(H,22,24). The highest BCUT2D eigenvalue weighted by atomic mass is 16.5. The van der Waals surface area contributed by atoms with Crippen LogP contribution in [0.4, 0.5) is 0 Å². The van der Waals surface area contributed by atoms with Crippen molar-refractivity contribution in [3.63, 3.8) is 0 Å². The number of likely N-dealkylation sites (tertiary alicyclic amines) is 1. The van der Waals surface area contributed by atoms with Gasteiger partial charge in [0.2, 0.25) is 5.91 Å². The molecule has 1 saturated heterocycles. The number of hydrogen-bond acceptors (Lipinski definition) is 3. The number of methoxy groups -OCH3 is 1. The van der Waals surface area contributed by atoms with Crippen molar-refractivity contribution in [3.8, 4) is 5.75 Å². The summed E-state index contributed by atoms with van der Waals surface area (Å²) in [5.74, 6) is 1.49. The predicted molar refractivity (Wildman–Crippen MR) is 99.7 cm³/mol. The van der Waals surface area contributed by atoms with Crippen LogP contribution in [0.3, 0.4) is 0 Å². The molecule has 1 heterocycles. The Balaban J connectivity index is 1.33. The van der Waals surface area contributed by atoms with Gasteiger partial charge < -0.3 is 10.1 Å². The molecule has 0 unspecified atom stereocenters. The first-order valence-electron chi connectivity index (χ1n) is 9.31. The smallest absolute Gasteiger partial charge is 0.223 e.